The van der Waals surface area contributed by atoms with Crippen LogP contribution in [0.4, 0.5) is 5.69 Å². The van der Waals surface area contributed by atoms with Crippen LogP contribution in [0.3, 0.4) is 0 Å². The van der Waals surface area contributed by atoms with Gasteiger partial charge in [-0.2, -0.15) is 0 Å². The highest BCUT2D eigenvalue weighted by atomic mass is 32.2. The molecule has 3 rings (SSSR count). The molecule has 0 aromatic carbocycles. The Balaban J connectivity index is 1.86. The number of hydrogen-bond donors (Lipinski definition) is 1. The molecule has 1 N–H and O–H groups in total. The topological polar surface area (TPSA) is 90.0 Å². The summed E-state index contributed by atoms with van der Waals surface area (Å²) in [5, 5.41) is 0. The normalized spacial score (nSPS) is 11.6. The smallest absolute Gasteiger partial charge is 0.265 e. The Hall–Kier alpha value is -2.61. The first kappa shape index (κ1) is 15.3. The van der Waals surface area contributed by atoms with Crippen molar-refractivity contribution in [1.82, 2.24) is 14.5 Å². The second-order valence-corrected chi connectivity index (χ2v) is 6.78. The Morgan fingerprint density at radius 3 is 2.48 bits per heavy atom. The molecule has 7 nitrogen and oxygen atoms in total. The summed E-state index contributed by atoms with van der Waals surface area (Å²) in [5.74, 6) is 2.37. The average molecular weight is 332 g/mol. The van der Waals surface area contributed by atoms with Crippen LogP contribution in [0.5, 0.6) is 0 Å². The molecule has 0 atom stereocenters. The number of nitrogens with zero attached hydrogens (tertiary/aromatic N) is 3. The Morgan fingerprint density at radius 2 is 1.96 bits per heavy atom. The minimum atomic E-state index is -3.70. The van der Waals surface area contributed by atoms with E-state index in [9.17, 15) is 8.42 Å². The minimum absolute atomic E-state index is 0.129. The summed E-state index contributed by atoms with van der Waals surface area (Å²) in [6, 6.07) is 4.87. The molecule has 3 heterocycles. The third-order valence-corrected chi connectivity index (χ3v) is 4.85. The molecule has 3 aromatic rings. The van der Waals surface area contributed by atoms with Crippen molar-refractivity contribution in [2.24, 2.45) is 0 Å². The summed E-state index contributed by atoms with van der Waals surface area (Å²) >= 11 is 0. The Kier molecular flexibility index (Phi) is 3.69. The molecule has 23 heavy (non-hydrogen) atoms. The zero-order valence-corrected chi connectivity index (χ0v) is 13.8. The van der Waals surface area contributed by atoms with Gasteiger partial charge in [0.15, 0.2) is 0 Å². The molecular weight excluding hydrogens is 316 g/mol. The van der Waals surface area contributed by atoms with E-state index in [1.807, 2.05) is 11.5 Å². The maximum Gasteiger partial charge on any atom is 0.265 e. The molecule has 8 heteroatoms. The van der Waals surface area contributed by atoms with Gasteiger partial charge in [0, 0.05) is 18.5 Å². The molecule has 0 radical (unpaired) electrons. The van der Waals surface area contributed by atoms with Crippen LogP contribution in [0, 0.1) is 20.8 Å². The standard InChI is InChI=1S/C15H16N4O3S/c1-10-8-14(11(2)22-10)23(20,21)18-13-4-5-15(17-9-13)19-7-6-16-12(19)3/h4-9,18H,1-3H3. The number of aryl methyl sites for hydroxylation is 3. The second-order valence-electron chi connectivity index (χ2n) is 5.13. The van der Waals surface area contributed by atoms with E-state index in [1.54, 1.807) is 38.4 Å². The third kappa shape index (κ3) is 2.98. The fourth-order valence-corrected chi connectivity index (χ4v) is 3.58. The lowest BCUT2D eigenvalue weighted by atomic mass is 10.4. The zero-order valence-electron chi connectivity index (χ0n) is 12.9. The molecule has 0 fully saturated rings. The summed E-state index contributed by atoms with van der Waals surface area (Å²) < 4.78 is 34.4. The summed E-state index contributed by atoms with van der Waals surface area (Å²) in [4.78, 5) is 8.52. The molecule has 0 aliphatic rings. The third-order valence-electron chi connectivity index (χ3n) is 3.36. The molecule has 0 saturated heterocycles. The summed E-state index contributed by atoms with van der Waals surface area (Å²) in [6.07, 6.45) is 4.94. The Labute approximate surface area is 134 Å². The van der Waals surface area contributed by atoms with Crippen molar-refractivity contribution in [2.45, 2.75) is 25.7 Å². The van der Waals surface area contributed by atoms with Crippen LogP contribution in [-0.4, -0.2) is 23.0 Å². The van der Waals surface area contributed by atoms with Crippen molar-refractivity contribution in [1.29, 1.82) is 0 Å². The number of aromatic nitrogens is 3. The van der Waals surface area contributed by atoms with Gasteiger partial charge in [-0.25, -0.2) is 18.4 Å². The quantitative estimate of drug-likeness (QED) is 0.793. The predicted molar refractivity (Wildman–Crippen MR) is 85.1 cm³/mol. The fourth-order valence-electron chi connectivity index (χ4n) is 2.29. The van der Waals surface area contributed by atoms with Gasteiger partial charge in [-0.3, -0.25) is 9.29 Å². The largest absolute Gasteiger partial charge is 0.465 e. The van der Waals surface area contributed by atoms with Crippen molar-refractivity contribution in [3.05, 3.63) is 54.1 Å². The molecule has 0 saturated carbocycles. The van der Waals surface area contributed by atoms with Crippen molar-refractivity contribution < 1.29 is 12.8 Å². The lowest BCUT2D eigenvalue weighted by Gasteiger charge is -2.08. The number of furan rings is 1. The lowest BCUT2D eigenvalue weighted by molar-refractivity contribution is 0.496. The highest BCUT2D eigenvalue weighted by molar-refractivity contribution is 7.92. The van der Waals surface area contributed by atoms with Crippen LogP contribution in [0.15, 0.2) is 46.1 Å². The van der Waals surface area contributed by atoms with Crippen LogP contribution < -0.4 is 4.72 Å². The number of hydrogen-bond acceptors (Lipinski definition) is 5. The molecule has 0 bridgehead atoms. The van der Waals surface area contributed by atoms with E-state index < -0.39 is 10.0 Å². The average Bonchev–Trinajstić information content (AvgIpc) is 3.05. The van der Waals surface area contributed by atoms with Crippen molar-refractivity contribution >= 4 is 15.7 Å². The van der Waals surface area contributed by atoms with E-state index in [2.05, 4.69) is 14.7 Å². The summed E-state index contributed by atoms with van der Waals surface area (Å²) in [5.41, 5.74) is 0.379. The van der Waals surface area contributed by atoms with Crippen LogP contribution >= 0.6 is 0 Å². The molecule has 0 aliphatic heterocycles. The number of sulfonamides is 1. The van der Waals surface area contributed by atoms with E-state index in [1.165, 1.54) is 12.3 Å². The zero-order chi connectivity index (χ0) is 16.6. The number of nitrogens with one attached hydrogen (secondary N) is 1. The van der Waals surface area contributed by atoms with Gasteiger partial charge in [-0.1, -0.05) is 0 Å². The van der Waals surface area contributed by atoms with Gasteiger partial charge in [0.25, 0.3) is 10.0 Å². The lowest BCUT2D eigenvalue weighted by Crippen LogP contribution is -2.13. The maximum absolute atomic E-state index is 12.4. The fraction of sp³-hybridized carbons (Fsp3) is 0.200. The first-order valence-electron chi connectivity index (χ1n) is 6.93. The van der Waals surface area contributed by atoms with Gasteiger partial charge < -0.3 is 4.42 Å². The molecular formula is C15H16N4O3S. The number of rotatable bonds is 4. The molecule has 120 valence electrons. The second kappa shape index (κ2) is 5.54. The van der Waals surface area contributed by atoms with E-state index >= 15 is 0 Å². The van der Waals surface area contributed by atoms with Crippen LogP contribution in [-0.2, 0) is 10.0 Å². The predicted octanol–water partition coefficient (Wildman–Crippen LogP) is 2.59. The number of anilines is 1. The molecule has 0 unspecified atom stereocenters. The highest BCUT2D eigenvalue weighted by Crippen LogP contribution is 2.22. The molecule has 0 amide bonds. The van der Waals surface area contributed by atoms with Crippen molar-refractivity contribution in [3.8, 4) is 5.82 Å². The van der Waals surface area contributed by atoms with E-state index in [0.717, 1.165) is 5.82 Å². The van der Waals surface area contributed by atoms with Gasteiger partial charge in [0.05, 0.1) is 11.9 Å². The highest BCUT2D eigenvalue weighted by Gasteiger charge is 2.20. The Bertz CT molecular complexity index is 940. The minimum Gasteiger partial charge on any atom is -0.465 e. The van der Waals surface area contributed by atoms with Crippen molar-refractivity contribution in [3.63, 3.8) is 0 Å². The van der Waals surface area contributed by atoms with Gasteiger partial charge >= 0.3 is 0 Å². The summed E-state index contributed by atoms with van der Waals surface area (Å²) in [6.45, 7) is 5.18. The first-order chi connectivity index (χ1) is 10.9. The monoisotopic (exact) mass is 332 g/mol. The van der Waals surface area contributed by atoms with Crippen LogP contribution in [0.25, 0.3) is 5.82 Å². The molecule has 0 spiro atoms. The van der Waals surface area contributed by atoms with E-state index in [0.29, 0.717) is 23.0 Å². The maximum atomic E-state index is 12.4. The SMILES string of the molecule is Cc1cc(S(=O)(=O)Nc2ccc(-n3ccnc3C)nc2)c(C)o1. The van der Waals surface area contributed by atoms with Gasteiger partial charge in [-0.05, 0) is 32.9 Å². The van der Waals surface area contributed by atoms with E-state index in [-0.39, 0.29) is 4.90 Å². The number of imidazole rings is 1. The molecule has 3 aromatic heterocycles. The van der Waals surface area contributed by atoms with Crippen LogP contribution in [0.2, 0.25) is 0 Å². The van der Waals surface area contributed by atoms with E-state index in [4.69, 9.17) is 4.42 Å². The van der Waals surface area contributed by atoms with Gasteiger partial charge in [-0.15, -0.1) is 0 Å². The van der Waals surface area contributed by atoms with Gasteiger partial charge in [0.2, 0.25) is 0 Å². The number of pyridine rings is 1. The Morgan fingerprint density at radius 1 is 1.17 bits per heavy atom. The summed E-state index contributed by atoms with van der Waals surface area (Å²) in [7, 11) is -3.70. The van der Waals surface area contributed by atoms with Crippen molar-refractivity contribution in [2.75, 3.05) is 4.72 Å². The molecule has 0 aliphatic carbocycles. The first-order valence-corrected chi connectivity index (χ1v) is 8.41. The van der Waals surface area contributed by atoms with Gasteiger partial charge in [0.1, 0.15) is 28.1 Å². The van der Waals surface area contributed by atoms with Crippen LogP contribution in [0.1, 0.15) is 17.3 Å².